The van der Waals surface area contributed by atoms with E-state index in [1.54, 1.807) is 0 Å². The van der Waals surface area contributed by atoms with E-state index in [2.05, 4.69) is 24.3 Å². The second kappa shape index (κ2) is 3.62. The highest BCUT2D eigenvalue weighted by Crippen LogP contribution is 2.44. The molecule has 80 valence electrons. The highest BCUT2D eigenvalue weighted by atomic mass is 16.1. The molecule has 0 bridgehead atoms. The van der Waals surface area contributed by atoms with Crippen LogP contribution in [0.1, 0.15) is 32.1 Å². The normalized spacial score (nSPS) is 43.6. The number of ketones is 1. The summed E-state index contributed by atoms with van der Waals surface area (Å²) >= 11 is 0. The minimum atomic E-state index is 0.364. The highest BCUT2D eigenvalue weighted by molar-refractivity contribution is 5.85. The van der Waals surface area contributed by atoms with Crippen LogP contribution in [-0.2, 0) is 4.79 Å². The Bertz CT molecular complexity index is 296. The van der Waals surface area contributed by atoms with E-state index in [1.807, 2.05) is 0 Å². The van der Waals surface area contributed by atoms with Crippen molar-refractivity contribution in [3.63, 3.8) is 0 Å². The lowest BCUT2D eigenvalue weighted by atomic mass is 9.62. The van der Waals surface area contributed by atoms with Gasteiger partial charge in [-0.25, -0.2) is 0 Å². The molecular weight excluding hydrogens is 184 g/mol. The van der Waals surface area contributed by atoms with E-state index in [4.69, 9.17) is 0 Å². The maximum atomic E-state index is 12.3. The quantitative estimate of drug-likeness (QED) is 0.551. The second-order valence-electron chi connectivity index (χ2n) is 5.19. The number of carbonyl (C=O) groups is 1. The Labute approximate surface area is 91.2 Å². The number of hydrogen-bond acceptors (Lipinski definition) is 1. The van der Waals surface area contributed by atoms with Crippen molar-refractivity contribution in [3.8, 4) is 0 Å². The van der Waals surface area contributed by atoms with E-state index in [1.165, 1.54) is 6.42 Å². The molecule has 0 amide bonds. The van der Waals surface area contributed by atoms with Crippen molar-refractivity contribution in [2.75, 3.05) is 0 Å². The number of rotatable bonds is 0. The number of hydrogen-bond donors (Lipinski definition) is 0. The monoisotopic (exact) mass is 202 g/mol. The molecule has 15 heavy (non-hydrogen) atoms. The Morgan fingerprint density at radius 2 is 1.47 bits per heavy atom. The fourth-order valence-electron chi connectivity index (χ4n) is 3.57. The first-order valence-corrected chi connectivity index (χ1v) is 6.23. The molecule has 1 saturated carbocycles. The lowest BCUT2D eigenvalue weighted by Crippen LogP contribution is -2.41. The van der Waals surface area contributed by atoms with Crippen molar-refractivity contribution in [2.45, 2.75) is 32.1 Å². The van der Waals surface area contributed by atoms with Gasteiger partial charge in [0.25, 0.3) is 0 Å². The molecule has 0 spiro atoms. The summed E-state index contributed by atoms with van der Waals surface area (Å²) in [6, 6.07) is 0. The van der Waals surface area contributed by atoms with Crippen LogP contribution in [0.5, 0.6) is 0 Å². The van der Waals surface area contributed by atoms with Crippen molar-refractivity contribution in [2.24, 2.45) is 23.7 Å². The summed E-state index contributed by atoms with van der Waals surface area (Å²) in [7, 11) is 0. The van der Waals surface area contributed by atoms with E-state index in [0.717, 1.165) is 25.7 Å². The molecule has 0 aromatic carbocycles. The van der Waals surface area contributed by atoms with Crippen LogP contribution in [-0.4, -0.2) is 5.78 Å². The van der Waals surface area contributed by atoms with Crippen LogP contribution in [0.4, 0.5) is 0 Å². The summed E-state index contributed by atoms with van der Waals surface area (Å²) in [5, 5.41) is 0. The second-order valence-corrected chi connectivity index (χ2v) is 5.19. The molecule has 0 radical (unpaired) electrons. The van der Waals surface area contributed by atoms with Gasteiger partial charge in [0.05, 0.1) is 0 Å². The van der Waals surface area contributed by atoms with E-state index in [9.17, 15) is 4.79 Å². The Morgan fingerprint density at radius 3 is 2.00 bits per heavy atom. The molecule has 0 aromatic heterocycles. The molecule has 4 atom stereocenters. The number of allylic oxidation sites excluding steroid dienone is 4. The first-order valence-electron chi connectivity index (χ1n) is 6.23. The minimum Gasteiger partial charge on any atom is -0.299 e. The average molecular weight is 202 g/mol. The van der Waals surface area contributed by atoms with Crippen molar-refractivity contribution in [1.82, 2.24) is 0 Å². The van der Waals surface area contributed by atoms with Crippen LogP contribution in [0.3, 0.4) is 0 Å². The summed E-state index contributed by atoms with van der Waals surface area (Å²) < 4.78 is 0. The topological polar surface area (TPSA) is 17.1 Å². The fraction of sp³-hybridized carbons (Fsp3) is 0.643. The van der Waals surface area contributed by atoms with Gasteiger partial charge in [0, 0.05) is 11.8 Å². The molecule has 0 aromatic rings. The summed E-state index contributed by atoms with van der Waals surface area (Å²) in [6.07, 6.45) is 14.8. The smallest absolute Gasteiger partial charge is 0.140 e. The zero-order valence-electron chi connectivity index (χ0n) is 9.06. The molecule has 0 saturated heterocycles. The Kier molecular flexibility index (Phi) is 2.27. The molecule has 1 heteroatoms. The Hall–Kier alpha value is -0.850. The van der Waals surface area contributed by atoms with Crippen molar-refractivity contribution < 1.29 is 4.79 Å². The average Bonchev–Trinajstić information content (AvgIpc) is 2.30. The lowest BCUT2D eigenvalue weighted by molar-refractivity contribution is -0.133. The van der Waals surface area contributed by atoms with Crippen LogP contribution < -0.4 is 0 Å². The van der Waals surface area contributed by atoms with Crippen LogP contribution in [0, 0.1) is 23.7 Å². The lowest BCUT2D eigenvalue weighted by Gasteiger charge is -2.41. The first-order chi connectivity index (χ1) is 7.36. The highest BCUT2D eigenvalue weighted by Gasteiger charge is 2.42. The Balaban J connectivity index is 1.89. The molecule has 3 aliphatic carbocycles. The van der Waals surface area contributed by atoms with Crippen LogP contribution in [0.2, 0.25) is 0 Å². The minimum absolute atomic E-state index is 0.364. The van der Waals surface area contributed by atoms with Crippen molar-refractivity contribution in [3.05, 3.63) is 24.3 Å². The molecule has 1 nitrogen and oxygen atoms in total. The maximum absolute atomic E-state index is 12.3. The predicted molar refractivity (Wildman–Crippen MR) is 60.3 cm³/mol. The molecule has 3 aliphatic rings. The van der Waals surface area contributed by atoms with Crippen LogP contribution in [0.15, 0.2) is 24.3 Å². The third-order valence-electron chi connectivity index (χ3n) is 4.36. The van der Waals surface area contributed by atoms with Crippen LogP contribution in [0.25, 0.3) is 0 Å². The van der Waals surface area contributed by atoms with Crippen LogP contribution >= 0.6 is 0 Å². The van der Waals surface area contributed by atoms with E-state index in [0.29, 0.717) is 29.5 Å². The van der Waals surface area contributed by atoms with Crippen molar-refractivity contribution in [1.29, 1.82) is 0 Å². The van der Waals surface area contributed by atoms with Gasteiger partial charge < -0.3 is 0 Å². The van der Waals surface area contributed by atoms with Gasteiger partial charge in [0.15, 0.2) is 0 Å². The number of Topliss-reactive ketones (excluding diaryl/α,β-unsaturated/α-hetero) is 1. The van der Waals surface area contributed by atoms with Gasteiger partial charge >= 0.3 is 0 Å². The molecule has 0 heterocycles. The summed E-state index contributed by atoms with van der Waals surface area (Å²) in [4.78, 5) is 12.3. The summed E-state index contributed by atoms with van der Waals surface area (Å²) in [6.45, 7) is 0. The summed E-state index contributed by atoms with van der Waals surface area (Å²) in [5.41, 5.74) is 0. The van der Waals surface area contributed by atoms with Gasteiger partial charge in [0.2, 0.25) is 0 Å². The number of fused-ring (bicyclic) bond motifs is 2. The predicted octanol–water partition coefficient (Wildman–Crippen LogP) is 3.12. The largest absolute Gasteiger partial charge is 0.299 e. The third-order valence-corrected chi connectivity index (χ3v) is 4.36. The Morgan fingerprint density at radius 1 is 0.933 bits per heavy atom. The zero-order valence-corrected chi connectivity index (χ0v) is 9.06. The molecule has 0 aliphatic heterocycles. The van der Waals surface area contributed by atoms with E-state index in [-0.39, 0.29) is 0 Å². The molecular formula is C14H18O. The fourth-order valence-corrected chi connectivity index (χ4v) is 3.57. The van der Waals surface area contributed by atoms with Gasteiger partial charge in [0.1, 0.15) is 5.78 Å². The third kappa shape index (κ3) is 1.49. The molecule has 0 unspecified atom stereocenters. The molecule has 0 N–H and O–H groups in total. The summed E-state index contributed by atoms with van der Waals surface area (Å²) in [5.74, 6) is 2.40. The standard InChI is InChI=1S/C14H18O/c15-14-12-7-3-1-5-10(12)9-11-6-2-4-8-13(11)14/h1-2,5-6,10-13H,3-4,7-9H2/t10-,11-,12-,13-/m0/s1. The van der Waals surface area contributed by atoms with Gasteiger partial charge in [-0.15, -0.1) is 0 Å². The SMILES string of the molecule is O=C1[C@H]2CCC=C[C@H]2C[C@@H]2C=CCC[C@H]12. The van der Waals surface area contributed by atoms with Gasteiger partial charge in [-0.1, -0.05) is 24.3 Å². The first kappa shape index (κ1) is 9.38. The van der Waals surface area contributed by atoms with Gasteiger partial charge in [-0.2, -0.15) is 0 Å². The van der Waals surface area contributed by atoms with Crippen molar-refractivity contribution >= 4 is 5.78 Å². The number of carbonyl (C=O) groups excluding carboxylic acids is 1. The van der Waals surface area contributed by atoms with Gasteiger partial charge in [-0.05, 0) is 43.9 Å². The molecule has 3 rings (SSSR count). The zero-order chi connectivity index (χ0) is 10.3. The van der Waals surface area contributed by atoms with Gasteiger partial charge in [-0.3, -0.25) is 4.79 Å². The van der Waals surface area contributed by atoms with E-state index < -0.39 is 0 Å². The maximum Gasteiger partial charge on any atom is 0.140 e. The van der Waals surface area contributed by atoms with E-state index >= 15 is 0 Å². The molecule has 1 fully saturated rings.